The molecule has 5 nitrogen and oxygen atoms in total. The first-order valence-electron chi connectivity index (χ1n) is 10.3. The first-order valence-corrected chi connectivity index (χ1v) is 10.3. The third-order valence-corrected chi connectivity index (χ3v) is 4.81. The summed E-state index contributed by atoms with van der Waals surface area (Å²) in [6.07, 6.45) is 17.9. The van der Waals surface area contributed by atoms with Gasteiger partial charge in [0.1, 0.15) is 6.10 Å². The van der Waals surface area contributed by atoms with E-state index in [0.717, 1.165) is 38.5 Å². The van der Waals surface area contributed by atoms with E-state index >= 15 is 0 Å². The van der Waals surface area contributed by atoms with Crippen molar-refractivity contribution in [2.24, 2.45) is 11.8 Å². The van der Waals surface area contributed by atoms with Gasteiger partial charge in [-0.2, -0.15) is 0 Å². The molecule has 0 bridgehead atoms. The summed E-state index contributed by atoms with van der Waals surface area (Å²) < 4.78 is 10.00. The Morgan fingerprint density at radius 3 is 2.68 bits per heavy atom. The van der Waals surface area contributed by atoms with Gasteiger partial charge in [-0.15, -0.1) is 0 Å². The molecule has 0 aliphatic heterocycles. The van der Waals surface area contributed by atoms with Crippen LogP contribution in [0, 0.1) is 11.8 Å². The Bertz CT molecular complexity index is 588. The first kappa shape index (κ1) is 23.9. The molecule has 0 heterocycles. The molecule has 0 aromatic rings. The molecule has 0 saturated carbocycles. The van der Waals surface area contributed by atoms with Crippen molar-refractivity contribution in [1.82, 2.24) is 0 Å². The van der Waals surface area contributed by atoms with Gasteiger partial charge in [0, 0.05) is 25.2 Å². The van der Waals surface area contributed by atoms with Gasteiger partial charge in [-0.1, -0.05) is 44.1 Å². The van der Waals surface area contributed by atoms with Gasteiger partial charge < -0.3 is 9.47 Å². The second-order valence-electron chi connectivity index (χ2n) is 7.15. The Kier molecular flexibility index (Phi) is 11.9. The Balaban J connectivity index is 2.53. The number of allylic oxidation sites excluding steroid dienone is 5. The van der Waals surface area contributed by atoms with Crippen LogP contribution < -0.4 is 0 Å². The quantitative estimate of drug-likeness (QED) is 0.259. The fraction of sp³-hybridized carbons (Fsp3) is 0.609. The number of esters is 2. The summed E-state index contributed by atoms with van der Waals surface area (Å²) in [4.78, 5) is 34.6. The van der Waals surface area contributed by atoms with Crippen LogP contribution in [0.4, 0.5) is 0 Å². The summed E-state index contributed by atoms with van der Waals surface area (Å²) in [5, 5.41) is 0. The van der Waals surface area contributed by atoms with Gasteiger partial charge in [-0.3, -0.25) is 14.4 Å². The highest BCUT2D eigenvalue weighted by atomic mass is 16.5. The molecule has 0 unspecified atom stereocenters. The zero-order valence-corrected chi connectivity index (χ0v) is 17.4. The molecule has 0 aromatic carbocycles. The zero-order chi connectivity index (χ0) is 20.8. The van der Waals surface area contributed by atoms with Crippen molar-refractivity contribution >= 4 is 17.7 Å². The van der Waals surface area contributed by atoms with Gasteiger partial charge in [-0.25, -0.2) is 0 Å². The largest absolute Gasteiger partial charge is 0.469 e. The number of carbonyl (C=O) groups excluding carboxylic acids is 3. The Labute approximate surface area is 168 Å². The fourth-order valence-electron chi connectivity index (χ4n) is 3.21. The van der Waals surface area contributed by atoms with Crippen molar-refractivity contribution in [2.75, 3.05) is 7.11 Å². The van der Waals surface area contributed by atoms with Gasteiger partial charge >= 0.3 is 11.9 Å². The zero-order valence-electron chi connectivity index (χ0n) is 17.4. The van der Waals surface area contributed by atoms with E-state index in [-0.39, 0.29) is 35.7 Å². The molecule has 28 heavy (non-hydrogen) atoms. The SMILES string of the molecule is CCCCC[C@@H](C=C[C@H]1C=CC(=O)[C@@H]1C/C=C\CCCC(=O)OC)OC(C)=O. The molecule has 1 rings (SSSR count). The summed E-state index contributed by atoms with van der Waals surface area (Å²) in [7, 11) is 1.39. The first-order chi connectivity index (χ1) is 13.5. The predicted molar refractivity (Wildman–Crippen MR) is 110 cm³/mol. The smallest absolute Gasteiger partial charge is 0.305 e. The number of rotatable bonds is 13. The maximum atomic E-state index is 12.2. The lowest BCUT2D eigenvalue weighted by Gasteiger charge is -2.16. The summed E-state index contributed by atoms with van der Waals surface area (Å²) in [5.41, 5.74) is 0. The molecular weight excluding hydrogens is 356 g/mol. The monoisotopic (exact) mass is 390 g/mol. The van der Waals surface area contributed by atoms with Crippen LogP contribution in [0.15, 0.2) is 36.5 Å². The minimum atomic E-state index is -0.282. The number of ether oxygens (including phenoxy) is 2. The minimum absolute atomic E-state index is 0.0245. The summed E-state index contributed by atoms with van der Waals surface area (Å²) in [6.45, 7) is 3.56. The van der Waals surface area contributed by atoms with Crippen LogP contribution in [-0.4, -0.2) is 30.9 Å². The lowest BCUT2D eigenvalue weighted by atomic mass is 9.90. The van der Waals surface area contributed by atoms with Crippen LogP contribution in [-0.2, 0) is 23.9 Å². The van der Waals surface area contributed by atoms with Crippen molar-refractivity contribution in [3.05, 3.63) is 36.5 Å². The number of hydrogen-bond acceptors (Lipinski definition) is 5. The molecule has 5 heteroatoms. The van der Waals surface area contributed by atoms with Gasteiger partial charge in [0.25, 0.3) is 0 Å². The molecule has 0 spiro atoms. The number of methoxy groups -OCH3 is 1. The number of hydrogen-bond donors (Lipinski definition) is 0. The Morgan fingerprint density at radius 1 is 1.21 bits per heavy atom. The molecule has 1 aliphatic carbocycles. The summed E-state index contributed by atoms with van der Waals surface area (Å²) >= 11 is 0. The van der Waals surface area contributed by atoms with E-state index < -0.39 is 0 Å². The van der Waals surface area contributed by atoms with Crippen LogP contribution in [0.3, 0.4) is 0 Å². The second-order valence-corrected chi connectivity index (χ2v) is 7.15. The van der Waals surface area contributed by atoms with Crippen LogP contribution in [0.25, 0.3) is 0 Å². The second kappa shape index (κ2) is 13.9. The standard InChI is InChI=1S/C23H34O5/c1-4-5-8-11-20(28-18(2)24)16-14-19-15-17-22(25)21(19)12-9-6-7-10-13-23(26)27-3/h6,9,14-17,19-21H,4-5,7-8,10-13H2,1-3H3/b9-6-,16-14?/t19-,20-,21+/m0/s1. The number of unbranched alkanes of at least 4 members (excludes halogenated alkanes) is 3. The topological polar surface area (TPSA) is 69.7 Å². The normalized spacial score (nSPS) is 20.2. The van der Waals surface area contributed by atoms with E-state index in [4.69, 9.17) is 4.74 Å². The molecule has 0 radical (unpaired) electrons. The maximum absolute atomic E-state index is 12.2. The molecule has 0 N–H and O–H groups in total. The molecule has 0 fully saturated rings. The average Bonchev–Trinajstić information content (AvgIpc) is 3.01. The van der Waals surface area contributed by atoms with Crippen LogP contribution in [0.1, 0.15) is 65.2 Å². The Hall–Kier alpha value is -2.17. The highest BCUT2D eigenvalue weighted by Crippen LogP contribution is 2.28. The molecule has 156 valence electrons. The lowest BCUT2D eigenvalue weighted by Crippen LogP contribution is -2.16. The van der Waals surface area contributed by atoms with Crippen LogP contribution in [0.2, 0.25) is 0 Å². The molecule has 0 amide bonds. The Morgan fingerprint density at radius 2 is 2.00 bits per heavy atom. The van der Waals surface area contributed by atoms with Crippen LogP contribution in [0.5, 0.6) is 0 Å². The van der Waals surface area contributed by atoms with E-state index in [2.05, 4.69) is 11.7 Å². The van der Waals surface area contributed by atoms with Gasteiger partial charge in [0.15, 0.2) is 5.78 Å². The van der Waals surface area contributed by atoms with E-state index in [0.29, 0.717) is 12.8 Å². The fourth-order valence-corrected chi connectivity index (χ4v) is 3.21. The third-order valence-electron chi connectivity index (χ3n) is 4.81. The van der Waals surface area contributed by atoms with E-state index in [1.54, 1.807) is 6.08 Å². The van der Waals surface area contributed by atoms with Crippen molar-refractivity contribution in [3.8, 4) is 0 Å². The molecule has 1 aliphatic rings. The van der Waals surface area contributed by atoms with Crippen molar-refractivity contribution in [1.29, 1.82) is 0 Å². The molecular formula is C23H34O5. The van der Waals surface area contributed by atoms with E-state index in [9.17, 15) is 14.4 Å². The van der Waals surface area contributed by atoms with Crippen molar-refractivity contribution in [2.45, 2.75) is 71.3 Å². The van der Waals surface area contributed by atoms with Gasteiger partial charge in [0.05, 0.1) is 7.11 Å². The van der Waals surface area contributed by atoms with Crippen LogP contribution >= 0.6 is 0 Å². The third kappa shape index (κ3) is 9.67. The molecule has 0 saturated heterocycles. The van der Waals surface area contributed by atoms with Gasteiger partial charge in [-0.05, 0) is 44.3 Å². The highest BCUT2D eigenvalue weighted by molar-refractivity contribution is 5.95. The number of carbonyl (C=O) groups is 3. The molecule has 3 atom stereocenters. The van der Waals surface area contributed by atoms with E-state index in [1.165, 1.54) is 14.0 Å². The van der Waals surface area contributed by atoms with E-state index in [1.807, 2.05) is 30.4 Å². The summed E-state index contributed by atoms with van der Waals surface area (Å²) in [6, 6.07) is 0. The predicted octanol–water partition coefficient (Wildman–Crippen LogP) is 4.72. The average molecular weight is 391 g/mol. The highest BCUT2D eigenvalue weighted by Gasteiger charge is 2.27. The number of ketones is 1. The van der Waals surface area contributed by atoms with Crippen molar-refractivity contribution < 1.29 is 23.9 Å². The maximum Gasteiger partial charge on any atom is 0.305 e. The minimum Gasteiger partial charge on any atom is -0.469 e. The van der Waals surface area contributed by atoms with Gasteiger partial charge in [0.2, 0.25) is 0 Å². The molecule has 0 aromatic heterocycles. The summed E-state index contributed by atoms with van der Waals surface area (Å²) in [5.74, 6) is -0.437. The lowest BCUT2D eigenvalue weighted by molar-refractivity contribution is -0.144. The van der Waals surface area contributed by atoms with Crippen molar-refractivity contribution in [3.63, 3.8) is 0 Å².